The molecule has 0 bridgehead atoms. The van der Waals surface area contributed by atoms with Gasteiger partial charge in [0.15, 0.2) is 16.1 Å². The van der Waals surface area contributed by atoms with E-state index in [0.29, 0.717) is 24.8 Å². The molecule has 3 atom stereocenters. The van der Waals surface area contributed by atoms with E-state index in [2.05, 4.69) is 4.90 Å². The maximum Gasteiger partial charge on any atom is 0.157 e. The first-order valence-corrected chi connectivity index (χ1v) is 9.04. The van der Waals surface area contributed by atoms with E-state index in [1.54, 1.807) is 0 Å². The summed E-state index contributed by atoms with van der Waals surface area (Å²) in [7, 11) is -2.81. The zero-order valence-corrected chi connectivity index (χ0v) is 12.1. The summed E-state index contributed by atoms with van der Waals surface area (Å²) < 4.78 is 34.9. The van der Waals surface area contributed by atoms with E-state index in [1.165, 1.54) is 6.42 Å². The van der Waals surface area contributed by atoms with Crippen molar-refractivity contribution < 1.29 is 17.9 Å². The second kappa shape index (κ2) is 5.68. The third kappa shape index (κ3) is 3.12. The van der Waals surface area contributed by atoms with Crippen LogP contribution < -0.4 is 0 Å². The standard InChI is InChI=1S/C13H23NO4S/c15-19(16)8-4-11-9-14(10-12(11)19)5-7-18-13-3-1-2-6-17-13/h11-13H,1-10H2/t11-,12+,13?/m0/s1. The molecule has 3 heterocycles. The van der Waals surface area contributed by atoms with E-state index < -0.39 is 9.84 Å². The molecule has 0 amide bonds. The number of likely N-dealkylation sites (tertiary alicyclic amines) is 1. The van der Waals surface area contributed by atoms with E-state index >= 15 is 0 Å². The third-order valence-electron chi connectivity index (χ3n) is 4.54. The minimum Gasteiger partial charge on any atom is -0.353 e. The van der Waals surface area contributed by atoms with Crippen LogP contribution in [0.15, 0.2) is 0 Å². The van der Waals surface area contributed by atoms with Gasteiger partial charge in [0.05, 0.1) is 17.6 Å². The van der Waals surface area contributed by atoms with Gasteiger partial charge in [-0.2, -0.15) is 0 Å². The molecular formula is C13H23NO4S. The van der Waals surface area contributed by atoms with Crippen LogP contribution in [0.5, 0.6) is 0 Å². The normalized spacial score (nSPS) is 38.4. The van der Waals surface area contributed by atoms with Gasteiger partial charge in [-0.1, -0.05) is 0 Å². The van der Waals surface area contributed by atoms with Crippen molar-refractivity contribution in [3.05, 3.63) is 0 Å². The van der Waals surface area contributed by atoms with Gasteiger partial charge in [0.25, 0.3) is 0 Å². The molecule has 3 fully saturated rings. The molecule has 3 aliphatic rings. The molecule has 0 saturated carbocycles. The van der Waals surface area contributed by atoms with Gasteiger partial charge in [-0.3, -0.25) is 4.90 Å². The molecule has 0 aromatic heterocycles. The molecule has 5 nitrogen and oxygen atoms in total. The fourth-order valence-electron chi connectivity index (χ4n) is 3.42. The summed E-state index contributed by atoms with van der Waals surface area (Å²) in [4.78, 5) is 2.23. The lowest BCUT2D eigenvalue weighted by molar-refractivity contribution is -0.163. The van der Waals surface area contributed by atoms with Gasteiger partial charge in [-0.15, -0.1) is 0 Å². The number of fused-ring (bicyclic) bond motifs is 1. The lowest BCUT2D eigenvalue weighted by Crippen LogP contribution is -2.31. The minimum atomic E-state index is -2.81. The average molecular weight is 289 g/mol. The lowest BCUT2D eigenvalue weighted by atomic mass is 10.1. The first kappa shape index (κ1) is 13.8. The fourth-order valence-corrected chi connectivity index (χ4v) is 5.60. The molecular weight excluding hydrogens is 266 g/mol. The van der Waals surface area contributed by atoms with Crippen molar-refractivity contribution in [3.8, 4) is 0 Å². The van der Waals surface area contributed by atoms with Crippen LogP contribution in [0, 0.1) is 5.92 Å². The van der Waals surface area contributed by atoms with Crippen molar-refractivity contribution >= 4 is 9.84 Å². The molecule has 3 saturated heterocycles. The van der Waals surface area contributed by atoms with Crippen LogP contribution in [0.2, 0.25) is 0 Å². The Morgan fingerprint density at radius 3 is 2.84 bits per heavy atom. The van der Waals surface area contributed by atoms with E-state index in [4.69, 9.17) is 9.47 Å². The highest BCUT2D eigenvalue weighted by Gasteiger charge is 2.45. The molecule has 0 aromatic carbocycles. The summed E-state index contributed by atoms with van der Waals surface area (Å²) >= 11 is 0. The van der Waals surface area contributed by atoms with Crippen molar-refractivity contribution in [2.75, 3.05) is 38.6 Å². The molecule has 0 aliphatic carbocycles. The number of hydrogen-bond acceptors (Lipinski definition) is 5. The van der Waals surface area contributed by atoms with Crippen LogP contribution in [0.1, 0.15) is 25.7 Å². The Hall–Kier alpha value is -0.170. The lowest BCUT2D eigenvalue weighted by Gasteiger charge is -2.24. The van der Waals surface area contributed by atoms with Gasteiger partial charge < -0.3 is 9.47 Å². The molecule has 3 aliphatic heterocycles. The molecule has 0 radical (unpaired) electrons. The number of hydrogen-bond donors (Lipinski definition) is 0. The van der Waals surface area contributed by atoms with Gasteiger partial charge in [0.1, 0.15) is 0 Å². The highest BCUT2D eigenvalue weighted by molar-refractivity contribution is 7.92. The zero-order chi connectivity index (χ0) is 13.3. The van der Waals surface area contributed by atoms with Gasteiger partial charge in [-0.05, 0) is 31.6 Å². The monoisotopic (exact) mass is 289 g/mol. The Bertz CT molecular complexity index is 405. The fraction of sp³-hybridized carbons (Fsp3) is 1.00. The highest BCUT2D eigenvalue weighted by Crippen LogP contribution is 2.33. The number of nitrogens with zero attached hydrogens (tertiary/aromatic N) is 1. The van der Waals surface area contributed by atoms with Gasteiger partial charge in [0.2, 0.25) is 0 Å². The summed E-state index contributed by atoms with van der Waals surface area (Å²) in [5, 5.41) is -0.113. The molecule has 0 N–H and O–H groups in total. The molecule has 0 spiro atoms. The van der Waals surface area contributed by atoms with Crippen LogP contribution in [0.25, 0.3) is 0 Å². The van der Waals surface area contributed by atoms with Crippen LogP contribution in [-0.2, 0) is 19.3 Å². The average Bonchev–Trinajstić information content (AvgIpc) is 2.92. The van der Waals surface area contributed by atoms with E-state index in [-0.39, 0.29) is 11.5 Å². The number of ether oxygens (including phenoxy) is 2. The zero-order valence-electron chi connectivity index (χ0n) is 11.3. The molecule has 19 heavy (non-hydrogen) atoms. The summed E-state index contributed by atoms with van der Waals surface area (Å²) in [5.41, 5.74) is 0. The topological polar surface area (TPSA) is 55.8 Å². The van der Waals surface area contributed by atoms with Crippen LogP contribution >= 0.6 is 0 Å². The van der Waals surface area contributed by atoms with Crippen molar-refractivity contribution in [1.82, 2.24) is 4.90 Å². The van der Waals surface area contributed by atoms with E-state index in [9.17, 15) is 8.42 Å². The van der Waals surface area contributed by atoms with Crippen LogP contribution in [-0.4, -0.2) is 63.5 Å². The Morgan fingerprint density at radius 2 is 2.11 bits per heavy atom. The van der Waals surface area contributed by atoms with Crippen LogP contribution in [0.3, 0.4) is 0 Å². The first-order valence-electron chi connectivity index (χ1n) is 7.32. The smallest absolute Gasteiger partial charge is 0.157 e. The van der Waals surface area contributed by atoms with Crippen molar-refractivity contribution in [3.63, 3.8) is 0 Å². The number of rotatable bonds is 4. The van der Waals surface area contributed by atoms with Gasteiger partial charge in [0, 0.05) is 26.2 Å². The Kier molecular flexibility index (Phi) is 4.12. The number of sulfone groups is 1. The Labute approximate surface area is 115 Å². The summed E-state index contributed by atoms with van der Waals surface area (Å²) in [6.45, 7) is 3.88. The third-order valence-corrected chi connectivity index (χ3v) is 6.80. The SMILES string of the molecule is O=S1(=O)CC[C@H]2CN(CCOC3CCCCO3)C[C@H]21. The maximum absolute atomic E-state index is 11.8. The quantitative estimate of drug-likeness (QED) is 0.760. The second-order valence-electron chi connectivity index (χ2n) is 5.88. The van der Waals surface area contributed by atoms with Crippen molar-refractivity contribution in [2.24, 2.45) is 5.92 Å². The molecule has 6 heteroatoms. The summed E-state index contributed by atoms with van der Waals surface area (Å²) in [5.74, 6) is 0.749. The highest BCUT2D eigenvalue weighted by atomic mass is 32.2. The van der Waals surface area contributed by atoms with Crippen molar-refractivity contribution in [2.45, 2.75) is 37.2 Å². The van der Waals surface area contributed by atoms with Gasteiger partial charge in [-0.25, -0.2) is 8.42 Å². The summed E-state index contributed by atoms with van der Waals surface area (Å²) in [6, 6.07) is 0. The minimum absolute atomic E-state index is 0.0421. The Balaban J connectivity index is 1.40. The van der Waals surface area contributed by atoms with E-state index in [1.807, 2.05) is 0 Å². The van der Waals surface area contributed by atoms with Crippen LogP contribution in [0.4, 0.5) is 0 Å². The van der Waals surface area contributed by atoms with E-state index in [0.717, 1.165) is 39.0 Å². The van der Waals surface area contributed by atoms with Crippen molar-refractivity contribution in [1.29, 1.82) is 0 Å². The molecule has 3 rings (SSSR count). The molecule has 0 aromatic rings. The van der Waals surface area contributed by atoms with Gasteiger partial charge >= 0.3 is 0 Å². The first-order chi connectivity index (χ1) is 9.15. The molecule has 1 unspecified atom stereocenters. The maximum atomic E-state index is 11.8. The largest absolute Gasteiger partial charge is 0.353 e. The Morgan fingerprint density at radius 1 is 1.21 bits per heavy atom. The predicted molar refractivity (Wildman–Crippen MR) is 71.7 cm³/mol. The summed E-state index contributed by atoms with van der Waals surface area (Å²) in [6.07, 6.45) is 4.10. The predicted octanol–water partition coefficient (Wildman–Crippen LogP) is 0.648. The second-order valence-corrected chi connectivity index (χ2v) is 8.22. The molecule has 110 valence electrons.